The maximum Gasteiger partial charge on any atom is 0.271 e. The van der Waals surface area contributed by atoms with E-state index < -0.39 is 0 Å². The van der Waals surface area contributed by atoms with Gasteiger partial charge in [0.25, 0.3) is 5.91 Å². The van der Waals surface area contributed by atoms with E-state index in [-0.39, 0.29) is 18.6 Å². The van der Waals surface area contributed by atoms with E-state index in [1.807, 2.05) is 20.0 Å². The number of carbonyl (C=O) groups is 1. The van der Waals surface area contributed by atoms with Gasteiger partial charge in [-0.2, -0.15) is 5.10 Å². The second-order valence-corrected chi connectivity index (χ2v) is 5.89. The Kier molecular flexibility index (Phi) is 5.76. The van der Waals surface area contributed by atoms with Gasteiger partial charge in [0.2, 0.25) is 0 Å². The van der Waals surface area contributed by atoms with Crippen LogP contribution in [-0.2, 0) is 0 Å². The molecule has 1 unspecified atom stereocenters. The Morgan fingerprint density at radius 1 is 1.57 bits per heavy atom. The molecule has 0 bridgehead atoms. The molecule has 1 aromatic heterocycles. The summed E-state index contributed by atoms with van der Waals surface area (Å²) in [5.41, 5.74) is 0.476. The molecule has 2 rings (SSSR count). The zero-order chi connectivity index (χ0) is 15.2. The number of aliphatic hydroxyl groups excluding tert-OH is 1. The molecular weight excluding hydrogens is 268 g/mol. The molecule has 0 spiro atoms. The maximum absolute atomic E-state index is 12.1. The van der Waals surface area contributed by atoms with Gasteiger partial charge < -0.3 is 10.4 Å². The van der Waals surface area contributed by atoms with Gasteiger partial charge in [0, 0.05) is 38.0 Å². The first-order chi connectivity index (χ1) is 10.1. The van der Waals surface area contributed by atoms with Crippen molar-refractivity contribution in [2.45, 2.75) is 45.2 Å². The van der Waals surface area contributed by atoms with Crippen LogP contribution in [0.2, 0.25) is 0 Å². The highest BCUT2D eigenvalue weighted by molar-refractivity contribution is 5.92. The number of nitrogens with zero attached hydrogens (tertiary/aromatic N) is 3. The third kappa shape index (κ3) is 4.28. The predicted octanol–water partition coefficient (Wildman–Crippen LogP) is 1.04. The number of nitrogens with one attached hydrogen (secondary N) is 1. The van der Waals surface area contributed by atoms with Gasteiger partial charge in [-0.05, 0) is 45.7 Å². The second-order valence-electron chi connectivity index (χ2n) is 5.89. The van der Waals surface area contributed by atoms with Crippen molar-refractivity contribution in [3.05, 3.63) is 18.0 Å². The van der Waals surface area contributed by atoms with Crippen LogP contribution in [-0.4, -0.2) is 58.0 Å². The Bertz CT molecular complexity index is 458. The van der Waals surface area contributed by atoms with Crippen LogP contribution in [0.5, 0.6) is 0 Å². The normalized spacial score (nSPS) is 19.3. The highest BCUT2D eigenvalue weighted by Gasteiger charge is 2.24. The Morgan fingerprint density at radius 2 is 2.38 bits per heavy atom. The molecule has 21 heavy (non-hydrogen) atoms. The lowest BCUT2D eigenvalue weighted by atomic mass is 10.2. The summed E-state index contributed by atoms with van der Waals surface area (Å²) in [6, 6.07) is 2.40. The van der Waals surface area contributed by atoms with E-state index in [0.717, 1.165) is 32.4 Å². The summed E-state index contributed by atoms with van der Waals surface area (Å²) in [6.07, 6.45) is 4.89. The molecule has 118 valence electrons. The second kappa shape index (κ2) is 7.56. The molecule has 1 saturated heterocycles. The van der Waals surface area contributed by atoms with E-state index in [1.54, 1.807) is 10.7 Å². The lowest BCUT2D eigenvalue weighted by molar-refractivity contribution is 0.0933. The maximum atomic E-state index is 12.1. The molecule has 1 aliphatic heterocycles. The minimum atomic E-state index is -0.108. The zero-order valence-electron chi connectivity index (χ0n) is 13.0. The molecule has 1 aromatic rings. The Labute approximate surface area is 126 Å². The standard InChI is InChI=1S/C15H26N4O2/c1-12(2)19-9-6-14(17-19)15(21)16-11-13-5-3-7-18(13)8-4-10-20/h6,9,12-13,20H,3-5,7-8,10-11H2,1-2H3,(H,16,21). The molecule has 6 nitrogen and oxygen atoms in total. The summed E-state index contributed by atoms with van der Waals surface area (Å²) in [6.45, 7) is 6.90. The van der Waals surface area contributed by atoms with Crippen LogP contribution >= 0.6 is 0 Å². The number of aliphatic hydroxyl groups is 1. The molecule has 1 fully saturated rings. The molecule has 0 saturated carbocycles. The summed E-state index contributed by atoms with van der Waals surface area (Å²) in [4.78, 5) is 14.5. The number of rotatable bonds is 7. The first kappa shape index (κ1) is 16.0. The van der Waals surface area contributed by atoms with Gasteiger partial charge in [-0.25, -0.2) is 0 Å². The molecule has 2 N–H and O–H groups in total. The van der Waals surface area contributed by atoms with E-state index >= 15 is 0 Å². The largest absolute Gasteiger partial charge is 0.396 e. The number of likely N-dealkylation sites (tertiary alicyclic amines) is 1. The number of aromatic nitrogens is 2. The van der Waals surface area contributed by atoms with Crippen LogP contribution in [0.1, 0.15) is 49.6 Å². The minimum Gasteiger partial charge on any atom is -0.396 e. The summed E-state index contributed by atoms with van der Waals surface area (Å²) < 4.78 is 1.79. The first-order valence-corrected chi connectivity index (χ1v) is 7.80. The van der Waals surface area contributed by atoms with E-state index in [1.165, 1.54) is 0 Å². The SMILES string of the molecule is CC(C)n1ccc(C(=O)NCC2CCCN2CCCO)n1. The summed E-state index contributed by atoms with van der Waals surface area (Å²) in [5, 5.41) is 16.2. The average molecular weight is 294 g/mol. The van der Waals surface area contributed by atoms with E-state index in [4.69, 9.17) is 5.11 Å². The summed E-state index contributed by atoms with van der Waals surface area (Å²) in [7, 11) is 0. The van der Waals surface area contributed by atoms with Crippen molar-refractivity contribution < 1.29 is 9.90 Å². The third-order valence-corrected chi connectivity index (χ3v) is 3.97. The van der Waals surface area contributed by atoms with Crippen LogP contribution in [0.3, 0.4) is 0 Å². The van der Waals surface area contributed by atoms with Gasteiger partial charge in [-0.15, -0.1) is 0 Å². The van der Waals surface area contributed by atoms with Crippen LogP contribution < -0.4 is 5.32 Å². The van der Waals surface area contributed by atoms with Crippen LogP contribution in [0.15, 0.2) is 12.3 Å². The average Bonchev–Trinajstić information content (AvgIpc) is 3.11. The quantitative estimate of drug-likeness (QED) is 0.788. The Morgan fingerprint density at radius 3 is 3.05 bits per heavy atom. The van der Waals surface area contributed by atoms with Crippen molar-refractivity contribution in [1.29, 1.82) is 0 Å². The van der Waals surface area contributed by atoms with Crippen molar-refractivity contribution >= 4 is 5.91 Å². The predicted molar refractivity (Wildman–Crippen MR) is 81.2 cm³/mol. The van der Waals surface area contributed by atoms with Crippen LogP contribution in [0, 0.1) is 0 Å². The molecule has 6 heteroatoms. The van der Waals surface area contributed by atoms with Crippen LogP contribution in [0.4, 0.5) is 0 Å². The highest BCUT2D eigenvalue weighted by Crippen LogP contribution is 2.16. The van der Waals surface area contributed by atoms with Crippen molar-refractivity contribution in [1.82, 2.24) is 20.0 Å². The molecule has 1 amide bonds. The zero-order valence-corrected chi connectivity index (χ0v) is 13.0. The summed E-state index contributed by atoms with van der Waals surface area (Å²) in [5.74, 6) is -0.108. The van der Waals surface area contributed by atoms with Crippen molar-refractivity contribution in [3.8, 4) is 0 Å². The third-order valence-electron chi connectivity index (χ3n) is 3.97. The van der Waals surface area contributed by atoms with E-state index in [2.05, 4.69) is 15.3 Å². The van der Waals surface area contributed by atoms with E-state index in [0.29, 0.717) is 18.3 Å². The Balaban J connectivity index is 1.82. The fourth-order valence-corrected chi connectivity index (χ4v) is 2.74. The first-order valence-electron chi connectivity index (χ1n) is 7.80. The number of hydrogen-bond acceptors (Lipinski definition) is 4. The number of amides is 1. The van der Waals surface area contributed by atoms with Gasteiger partial charge in [0.15, 0.2) is 0 Å². The van der Waals surface area contributed by atoms with Gasteiger partial charge in [0.05, 0.1) is 0 Å². The molecule has 0 aromatic carbocycles. The smallest absolute Gasteiger partial charge is 0.271 e. The number of carbonyl (C=O) groups excluding carboxylic acids is 1. The molecule has 2 heterocycles. The number of hydrogen-bond donors (Lipinski definition) is 2. The molecular formula is C15H26N4O2. The van der Waals surface area contributed by atoms with Gasteiger partial charge in [0.1, 0.15) is 5.69 Å². The molecule has 0 aliphatic carbocycles. The van der Waals surface area contributed by atoms with Gasteiger partial charge in [-0.1, -0.05) is 0 Å². The lowest BCUT2D eigenvalue weighted by Crippen LogP contribution is -2.40. The fourth-order valence-electron chi connectivity index (χ4n) is 2.74. The van der Waals surface area contributed by atoms with Gasteiger partial charge >= 0.3 is 0 Å². The highest BCUT2D eigenvalue weighted by atomic mass is 16.3. The molecule has 0 radical (unpaired) electrons. The monoisotopic (exact) mass is 294 g/mol. The molecule has 1 aliphatic rings. The van der Waals surface area contributed by atoms with Crippen molar-refractivity contribution in [2.75, 3.05) is 26.2 Å². The van der Waals surface area contributed by atoms with E-state index in [9.17, 15) is 4.79 Å². The van der Waals surface area contributed by atoms with Gasteiger partial charge in [-0.3, -0.25) is 14.4 Å². The topological polar surface area (TPSA) is 70.4 Å². The fraction of sp³-hybridized carbons (Fsp3) is 0.733. The van der Waals surface area contributed by atoms with Crippen LogP contribution in [0.25, 0.3) is 0 Å². The Hall–Kier alpha value is -1.40. The summed E-state index contributed by atoms with van der Waals surface area (Å²) >= 11 is 0. The molecule has 1 atom stereocenters. The lowest BCUT2D eigenvalue weighted by Gasteiger charge is -2.24. The van der Waals surface area contributed by atoms with Crippen molar-refractivity contribution in [2.24, 2.45) is 0 Å². The van der Waals surface area contributed by atoms with Crippen molar-refractivity contribution in [3.63, 3.8) is 0 Å². The minimum absolute atomic E-state index is 0.108.